The fourth-order valence-electron chi connectivity index (χ4n) is 2.90. The Kier molecular flexibility index (Phi) is 5.55. The zero-order chi connectivity index (χ0) is 19.4. The monoisotopic (exact) mass is 390 g/mol. The number of sulfonamides is 1. The first-order valence-corrected chi connectivity index (χ1v) is 10.2. The van der Waals surface area contributed by atoms with Gasteiger partial charge in [-0.25, -0.2) is 8.42 Å². The van der Waals surface area contributed by atoms with Gasteiger partial charge >= 0.3 is 0 Å². The predicted molar refractivity (Wildman–Crippen MR) is 103 cm³/mol. The maximum absolute atomic E-state index is 12.6. The summed E-state index contributed by atoms with van der Waals surface area (Å²) in [5, 5.41) is 2.80. The van der Waals surface area contributed by atoms with E-state index in [4.69, 9.17) is 9.47 Å². The molecule has 7 nitrogen and oxygen atoms in total. The maximum Gasteiger partial charge on any atom is 0.263 e. The molecule has 1 amide bonds. The second-order valence-corrected chi connectivity index (χ2v) is 8.22. The Morgan fingerprint density at radius 1 is 1.22 bits per heavy atom. The number of fused-ring (bicyclic) bond motifs is 1. The first-order chi connectivity index (χ1) is 13.0. The molecule has 1 atom stereocenters. The molecule has 2 aromatic rings. The van der Waals surface area contributed by atoms with Crippen LogP contribution in [0.4, 0.5) is 5.69 Å². The van der Waals surface area contributed by atoms with Gasteiger partial charge in [0.05, 0.1) is 25.1 Å². The summed E-state index contributed by atoms with van der Waals surface area (Å²) in [6, 6.07) is 14.2. The maximum atomic E-state index is 12.6. The number of hydrogen-bond acceptors (Lipinski definition) is 5. The molecule has 1 N–H and O–H groups in total. The van der Waals surface area contributed by atoms with Gasteiger partial charge in [-0.1, -0.05) is 30.3 Å². The van der Waals surface area contributed by atoms with Gasteiger partial charge < -0.3 is 14.8 Å². The van der Waals surface area contributed by atoms with Gasteiger partial charge in [-0.2, -0.15) is 0 Å². The zero-order valence-electron chi connectivity index (χ0n) is 15.2. The SMILES string of the molecule is CCS(=O)(=O)N1C[C@H](C(=O)NCc2ccccc2OC)Oc2ccccc21. The number of anilines is 1. The number of carbonyl (C=O) groups is 1. The third kappa shape index (κ3) is 4.00. The molecule has 144 valence electrons. The average Bonchev–Trinajstić information content (AvgIpc) is 2.71. The Hall–Kier alpha value is -2.74. The number of methoxy groups -OCH3 is 1. The number of para-hydroxylation sites is 3. The molecule has 0 aliphatic carbocycles. The first-order valence-electron chi connectivity index (χ1n) is 8.62. The van der Waals surface area contributed by atoms with E-state index in [1.54, 1.807) is 38.3 Å². The van der Waals surface area contributed by atoms with E-state index >= 15 is 0 Å². The molecular formula is C19H22N2O5S. The van der Waals surface area contributed by atoms with Crippen LogP contribution in [0, 0.1) is 0 Å². The van der Waals surface area contributed by atoms with Crippen LogP contribution >= 0.6 is 0 Å². The van der Waals surface area contributed by atoms with E-state index < -0.39 is 16.1 Å². The summed E-state index contributed by atoms with van der Waals surface area (Å²) >= 11 is 0. The lowest BCUT2D eigenvalue weighted by Gasteiger charge is -2.34. The Morgan fingerprint density at radius 2 is 1.93 bits per heavy atom. The lowest BCUT2D eigenvalue weighted by Crippen LogP contribution is -2.50. The standard InChI is InChI=1S/C19H22N2O5S/c1-3-27(23,24)21-13-18(26-17-11-7-5-9-15(17)21)19(22)20-12-14-8-4-6-10-16(14)25-2/h4-11,18H,3,12-13H2,1-2H3,(H,20,22)/t18-/m1/s1. The molecule has 0 aromatic heterocycles. The van der Waals surface area contributed by atoms with Crippen molar-refractivity contribution in [2.24, 2.45) is 0 Å². The third-order valence-corrected chi connectivity index (χ3v) is 6.12. The first kappa shape index (κ1) is 19.0. The van der Waals surface area contributed by atoms with Crippen molar-refractivity contribution in [1.29, 1.82) is 0 Å². The van der Waals surface area contributed by atoms with Crippen LogP contribution in [0.2, 0.25) is 0 Å². The number of benzene rings is 2. The summed E-state index contributed by atoms with van der Waals surface area (Å²) in [5.41, 5.74) is 1.27. The van der Waals surface area contributed by atoms with Crippen LogP contribution in [0.25, 0.3) is 0 Å². The molecule has 1 aliphatic rings. The Labute approximate surface area is 158 Å². The van der Waals surface area contributed by atoms with E-state index in [0.29, 0.717) is 17.2 Å². The minimum absolute atomic E-state index is 0.0586. The highest BCUT2D eigenvalue weighted by atomic mass is 32.2. The summed E-state index contributed by atoms with van der Waals surface area (Å²) in [6.45, 7) is 1.76. The molecule has 0 saturated carbocycles. The van der Waals surface area contributed by atoms with Crippen molar-refractivity contribution in [3.8, 4) is 11.5 Å². The van der Waals surface area contributed by atoms with Crippen molar-refractivity contribution in [3.63, 3.8) is 0 Å². The van der Waals surface area contributed by atoms with Gasteiger partial charge in [0.1, 0.15) is 11.5 Å². The molecule has 0 bridgehead atoms. The highest BCUT2D eigenvalue weighted by Crippen LogP contribution is 2.35. The molecule has 2 aromatic carbocycles. The molecule has 1 aliphatic heterocycles. The van der Waals surface area contributed by atoms with Gasteiger partial charge in [0.15, 0.2) is 6.10 Å². The summed E-state index contributed by atoms with van der Waals surface area (Å²) in [6.07, 6.45) is -0.934. The average molecular weight is 390 g/mol. The number of rotatable bonds is 6. The summed E-state index contributed by atoms with van der Waals surface area (Å²) < 4.78 is 37.2. The molecule has 0 saturated heterocycles. The van der Waals surface area contributed by atoms with E-state index in [9.17, 15) is 13.2 Å². The Balaban J connectivity index is 1.78. The lowest BCUT2D eigenvalue weighted by atomic mass is 10.2. The highest BCUT2D eigenvalue weighted by Gasteiger charge is 2.35. The van der Waals surface area contributed by atoms with E-state index in [2.05, 4.69) is 5.32 Å². The number of nitrogens with one attached hydrogen (secondary N) is 1. The lowest BCUT2D eigenvalue weighted by molar-refractivity contribution is -0.127. The normalized spacial score (nSPS) is 16.2. The molecule has 3 rings (SSSR count). The van der Waals surface area contributed by atoms with Crippen LogP contribution in [0.3, 0.4) is 0 Å². The number of ether oxygens (including phenoxy) is 2. The smallest absolute Gasteiger partial charge is 0.263 e. The summed E-state index contributed by atoms with van der Waals surface area (Å²) in [5.74, 6) is 0.601. The minimum atomic E-state index is -3.53. The van der Waals surface area contributed by atoms with Crippen LogP contribution in [0.5, 0.6) is 11.5 Å². The van der Waals surface area contributed by atoms with Crippen molar-refractivity contribution in [3.05, 3.63) is 54.1 Å². The Bertz CT molecular complexity index is 929. The number of carbonyl (C=O) groups excluding carboxylic acids is 1. The van der Waals surface area contributed by atoms with Crippen LogP contribution < -0.4 is 19.1 Å². The second kappa shape index (κ2) is 7.87. The van der Waals surface area contributed by atoms with Crippen molar-refractivity contribution in [2.75, 3.05) is 23.7 Å². The van der Waals surface area contributed by atoms with E-state index in [1.807, 2.05) is 24.3 Å². The minimum Gasteiger partial charge on any atom is -0.496 e. The van der Waals surface area contributed by atoms with E-state index in [1.165, 1.54) is 4.31 Å². The Morgan fingerprint density at radius 3 is 2.67 bits per heavy atom. The topological polar surface area (TPSA) is 84.9 Å². The third-order valence-electron chi connectivity index (χ3n) is 4.37. The highest BCUT2D eigenvalue weighted by molar-refractivity contribution is 7.92. The largest absolute Gasteiger partial charge is 0.496 e. The number of amides is 1. The van der Waals surface area contributed by atoms with Crippen molar-refractivity contribution in [2.45, 2.75) is 19.6 Å². The van der Waals surface area contributed by atoms with Gasteiger partial charge in [-0.05, 0) is 25.1 Å². The van der Waals surface area contributed by atoms with Gasteiger partial charge in [0, 0.05) is 12.1 Å². The van der Waals surface area contributed by atoms with Gasteiger partial charge in [0.25, 0.3) is 5.91 Å². The molecule has 0 spiro atoms. The molecule has 8 heteroatoms. The molecule has 0 unspecified atom stereocenters. The fraction of sp³-hybridized carbons (Fsp3) is 0.316. The molecule has 0 fully saturated rings. The molecule has 0 radical (unpaired) electrons. The molecular weight excluding hydrogens is 368 g/mol. The van der Waals surface area contributed by atoms with Crippen molar-refractivity contribution >= 4 is 21.6 Å². The second-order valence-electron chi connectivity index (χ2n) is 6.04. The fourth-order valence-corrected chi connectivity index (χ4v) is 4.03. The molecule has 1 heterocycles. The van der Waals surface area contributed by atoms with Crippen LogP contribution in [-0.4, -0.2) is 39.8 Å². The van der Waals surface area contributed by atoms with Crippen LogP contribution in [-0.2, 0) is 21.4 Å². The van der Waals surface area contributed by atoms with Crippen LogP contribution in [0.15, 0.2) is 48.5 Å². The van der Waals surface area contributed by atoms with Gasteiger partial charge in [0.2, 0.25) is 10.0 Å². The van der Waals surface area contributed by atoms with E-state index in [-0.39, 0.29) is 24.7 Å². The van der Waals surface area contributed by atoms with E-state index in [0.717, 1.165) is 5.56 Å². The van der Waals surface area contributed by atoms with Gasteiger partial charge in [-0.15, -0.1) is 0 Å². The predicted octanol–water partition coefficient (Wildman–Crippen LogP) is 1.93. The number of hydrogen-bond donors (Lipinski definition) is 1. The quantitative estimate of drug-likeness (QED) is 0.815. The van der Waals surface area contributed by atoms with Crippen molar-refractivity contribution in [1.82, 2.24) is 5.32 Å². The van der Waals surface area contributed by atoms with Crippen molar-refractivity contribution < 1.29 is 22.7 Å². The summed E-state index contributed by atoms with van der Waals surface area (Å²) in [7, 11) is -1.96. The van der Waals surface area contributed by atoms with Crippen LogP contribution in [0.1, 0.15) is 12.5 Å². The zero-order valence-corrected chi connectivity index (χ0v) is 16.0. The molecule has 27 heavy (non-hydrogen) atoms. The summed E-state index contributed by atoms with van der Waals surface area (Å²) in [4.78, 5) is 12.6. The van der Waals surface area contributed by atoms with Gasteiger partial charge in [-0.3, -0.25) is 9.10 Å². The number of nitrogens with zero attached hydrogens (tertiary/aromatic N) is 1.